The van der Waals surface area contributed by atoms with E-state index in [1.807, 2.05) is 126 Å². The standard InChI is InChI=1S/C66H49N6O.Pt/c1-66(2,3)55-39-62(67-40-54(55)43-21-10-7-11-22-43)72-58-34-31-44(42-19-8-6-9-20-42)35-51(58)50-33-32-47(37-61(50)72)73-46-24-18-23-45(36-46)70-41-71(60-30-17-16-29-59(60)70)65-63-52(48-25-12-14-27-56(48)68(63)4)38-53-49-26-13-15-28-57(49)69(5)64(53)65;/h6-35,38-41H,1-5H3;/q-3;/i4D3,5D3;. The molecule has 0 saturated heterocycles. The topological polar surface area (TPSA) is 43.4 Å². The van der Waals surface area contributed by atoms with Gasteiger partial charge in [-0.25, -0.2) is 4.98 Å². The molecule has 74 heavy (non-hydrogen) atoms. The zero-order chi connectivity index (χ0) is 54.1. The van der Waals surface area contributed by atoms with E-state index in [0.717, 1.165) is 71.9 Å². The minimum atomic E-state index is -2.64. The molecule has 7 nitrogen and oxygen atoms in total. The fourth-order valence-electron chi connectivity index (χ4n) is 11.1. The second-order valence-electron chi connectivity index (χ2n) is 19.8. The zero-order valence-corrected chi connectivity index (χ0v) is 42.8. The molecule has 14 rings (SSSR count). The molecule has 0 radical (unpaired) electrons. The second kappa shape index (κ2) is 17.4. The number of anilines is 4. The van der Waals surface area contributed by atoms with Gasteiger partial charge >= 0.3 is 0 Å². The zero-order valence-electron chi connectivity index (χ0n) is 46.5. The fourth-order valence-corrected chi connectivity index (χ4v) is 11.1. The van der Waals surface area contributed by atoms with E-state index in [0.29, 0.717) is 61.4 Å². The molecule has 0 spiro atoms. The molecule has 0 aliphatic carbocycles. The Hall–Kier alpha value is -8.38. The number of rotatable bonds is 7. The number of nitrogens with zero attached hydrogens (tertiary/aromatic N) is 6. The summed E-state index contributed by atoms with van der Waals surface area (Å²) in [5, 5.41) is 4.90. The van der Waals surface area contributed by atoms with Crippen LogP contribution in [-0.4, -0.2) is 18.7 Å². The number of ether oxygens (including phenoxy) is 1. The predicted octanol–water partition coefficient (Wildman–Crippen LogP) is 16.9. The summed E-state index contributed by atoms with van der Waals surface area (Å²) in [6, 6.07) is 71.2. The summed E-state index contributed by atoms with van der Waals surface area (Å²) in [5.74, 6) is 1.67. The Morgan fingerprint density at radius 1 is 0.514 bits per heavy atom. The number of aromatic nitrogens is 4. The molecular formula is C66H49N6OPt-3. The van der Waals surface area contributed by atoms with E-state index in [4.69, 9.17) is 17.9 Å². The van der Waals surface area contributed by atoms with Gasteiger partial charge < -0.3 is 28.2 Å². The van der Waals surface area contributed by atoms with Crippen molar-refractivity contribution in [2.75, 3.05) is 9.80 Å². The van der Waals surface area contributed by atoms with E-state index < -0.39 is 14.0 Å². The average molecular weight is 1140 g/mol. The summed E-state index contributed by atoms with van der Waals surface area (Å²) >= 11 is 0. The molecule has 5 heterocycles. The molecule has 8 heteroatoms. The quantitative estimate of drug-likeness (QED) is 0.149. The van der Waals surface area contributed by atoms with Gasteiger partial charge in [0, 0.05) is 116 Å². The molecule has 13 aromatic rings. The van der Waals surface area contributed by atoms with Gasteiger partial charge in [-0.15, -0.1) is 48.1 Å². The van der Waals surface area contributed by atoms with Gasteiger partial charge in [0.2, 0.25) is 0 Å². The number of hydrogen-bond donors (Lipinski definition) is 0. The number of fused-ring (bicyclic) bond motifs is 10. The van der Waals surface area contributed by atoms with Crippen molar-refractivity contribution in [2.45, 2.75) is 26.2 Å². The molecular weight excluding hydrogens is 1090 g/mol. The molecule has 0 N–H and O–H groups in total. The summed E-state index contributed by atoms with van der Waals surface area (Å²) in [5.41, 5.74) is 11.5. The van der Waals surface area contributed by atoms with Crippen molar-refractivity contribution in [3.63, 3.8) is 0 Å². The Morgan fingerprint density at radius 2 is 1.14 bits per heavy atom. The summed E-state index contributed by atoms with van der Waals surface area (Å²) in [4.78, 5) is 9.09. The van der Waals surface area contributed by atoms with E-state index in [1.54, 1.807) is 12.1 Å². The number of benzene rings is 9. The van der Waals surface area contributed by atoms with Crippen LogP contribution in [-0.2, 0) is 40.4 Å². The molecule has 9 aromatic carbocycles. The average Bonchev–Trinajstić information content (AvgIpc) is 4.15. The Morgan fingerprint density at radius 3 is 1.81 bits per heavy atom. The van der Waals surface area contributed by atoms with Crippen LogP contribution in [0.4, 0.5) is 22.7 Å². The molecule has 0 amide bonds. The largest absolute Gasteiger partial charge is 0.509 e. The first-order valence-corrected chi connectivity index (χ1v) is 24.5. The van der Waals surface area contributed by atoms with Crippen LogP contribution in [0.3, 0.4) is 0 Å². The molecule has 0 fully saturated rings. The van der Waals surface area contributed by atoms with E-state index in [-0.39, 0.29) is 26.5 Å². The first kappa shape index (κ1) is 39.2. The Bertz CT molecular complexity index is 4490. The number of para-hydroxylation sites is 4. The maximum Gasteiger partial charge on any atom is 0.135 e. The van der Waals surface area contributed by atoms with Crippen molar-refractivity contribution in [2.24, 2.45) is 14.0 Å². The van der Waals surface area contributed by atoms with Gasteiger partial charge in [0.05, 0.1) is 16.7 Å². The number of hydrogen-bond acceptors (Lipinski definition) is 4. The summed E-state index contributed by atoms with van der Waals surface area (Å²) < 4.78 is 65.7. The normalized spacial score (nSPS) is 14.3. The summed E-state index contributed by atoms with van der Waals surface area (Å²) in [7, 11) is 0. The smallest absolute Gasteiger partial charge is 0.135 e. The summed E-state index contributed by atoms with van der Waals surface area (Å²) in [6.45, 7) is 3.30. The van der Waals surface area contributed by atoms with E-state index in [9.17, 15) is 0 Å². The minimum absolute atomic E-state index is 0. The van der Waals surface area contributed by atoms with Gasteiger partial charge in [-0.3, -0.25) is 0 Å². The third-order valence-corrected chi connectivity index (χ3v) is 14.4. The van der Waals surface area contributed by atoms with Gasteiger partial charge in [0.1, 0.15) is 5.82 Å². The molecule has 1 aliphatic heterocycles. The Labute approximate surface area is 452 Å². The van der Waals surface area contributed by atoms with Crippen molar-refractivity contribution in [1.29, 1.82) is 0 Å². The van der Waals surface area contributed by atoms with Gasteiger partial charge in [0.25, 0.3) is 0 Å². The van der Waals surface area contributed by atoms with Gasteiger partial charge in [0.15, 0.2) is 0 Å². The third kappa shape index (κ3) is 7.09. The van der Waals surface area contributed by atoms with Crippen LogP contribution >= 0.6 is 0 Å². The monoisotopic (exact) mass is 1140 g/mol. The summed E-state index contributed by atoms with van der Waals surface area (Å²) in [6.07, 6.45) is 1.99. The minimum Gasteiger partial charge on any atom is -0.509 e. The first-order valence-electron chi connectivity index (χ1n) is 27.5. The van der Waals surface area contributed by atoms with Crippen LogP contribution < -0.4 is 14.5 Å². The van der Waals surface area contributed by atoms with Crippen LogP contribution in [0.25, 0.3) is 93.5 Å². The number of aryl methyl sites for hydroxylation is 2. The molecule has 0 bridgehead atoms. The molecule has 362 valence electrons. The molecule has 1 aliphatic rings. The van der Waals surface area contributed by atoms with Gasteiger partial charge in [-0.05, 0) is 75.5 Å². The van der Waals surface area contributed by atoms with Crippen LogP contribution in [0.2, 0.25) is 0 Å². The maximum atomic E-state index is 9.00. The van der Waals surface area contributed by atoms with Crippen LogP contribution in [0.1, 0.15) is 34.6 Å². The number of pyridine rings is 1. The van der Waals surface area contributed by atoms with E-state index in [2.05, 4.69) is 116 Å². The van der Waals surface area contributed by atoms with Crippen molar-refractivity contribution in [3.05, 3.63) is 225 Å². The molecule has 4 aromatic heterocycles. The second-order valence-corrected chi connectivity index (χ2v) is 19.8. The molecule has 0 atom stereocenters. The van der Waals surface area contributed by atoms with Crippen molar-refractivity contribution in [3.8, 4) is 39.6 Å². The van der Waals surface area contributed by atoms with Crippen molar-refractivity contribution in [1.82, 2.24) is 18.7 Å². The third-order valence-electron chi connectivity index (χ3n) is 14.4. The first-order chi connectivity index (χ1) is 38.1. The van der Waals surface area contributed by atoms with Crippen LogP contribution in [0.5, 0.6) is 11.5 Å². The Kier molecular flexibility index (Phi) is 9.21. The Balaban J connectivity index is 0.00000605. The van der Waals surface area contributed by atoms with Crippen LogP contribution in [0.15, 0.2) is 200 Å². The van der Waals surface area contributed by atoms with E-state index >= 15 is 0 Å². The molecule has 0 saturated carbocycles. The van der Waals surface area contributed by atoms with Gasteiger partial charge in [-0.2, -0.15) is 12.1 Å². The fraction of sp³-hybridized carbons (Fsp3) is 0.0909. The van der Waals surface area contributed by atoms with Crippen molar-refractivity contribution < 1.29 is 34.0 Å². The maximum absolute atomic E-state index is 9.00. The van der Waals surface area contributed by atoms with Crippen molar-refractivity contribution >= 4 is 88.2 Å². The van der Waals surface area contributed by atoms with E-state index in [1.165, 1.54) is 9.13 Å². The SMILES string of the molecule is [2H]C([2H])([2H])n1c2ccccc2c2cc3c4ccccc4n(C([2H])([2H])[2H])c3c(N3[CH-]N(c4[c-]c(Oc5[c-]c6c(cc5)c5cc(-c7ccccc7)ccc5n6-c5cc(C(C)(C)C)c(-c6ccccc6)cn5)ccc4)c4ccccc43)c21.[Pt]. The molecule has 0 unspecified atom stereocenters. The van der Waals surface area contributed by atoms with Crippen LogP contribution in [0, 0.1) is 18.8 Å². The van der Waals surface area contributed by atoms with Gasteiger partial charge in [-0.1, -0.05) is 148 Å². The predicted molar refractivity (Wildman–Crippen MR) is 302 cm³/mol.